The molecule has 5 nitrogen and oxygen atoms in total. The summed E-state index contributed by atoms with van der Waals surface area (Å²) in [6.45, 7) is 5.76. The lowest BCUT2D eigenvalue weighted by Crippen LogP contribution is -2.30. The van der Waals surface area contributed by atoms with Gasteiger partial charge in [-0.05, 0) is 32.9 Å². The van der Waals surface area contributed by atoms with Crippen LogP contribution in [0.1, 0.15) is 29.1 Å². The molecule has 0 fully saturated rings. The third-order valence-electron chi connectivity index (χ3n) is 2.34. The van der Waals surface area contributed by atoms with Gasteiger partial charge in [0.2, 0.25) is 5.88 Å². The Morgan fingerprint density at radius 1 is 1.50 bits per heavy atom. The van der Waals surface area contributed by atoms with Gasteiger partial charge in [-0.2, -0.15) is 0 Å². The van der Waals surface area contributed by atoms with Gasteiger partial charge in [-0.15, -0.1) is 11.3 Å². The summed E-state index contributed by atoms with van der Waals surface area (Å²) in [5.41, 5.74) is 6.49. The number of thiophene rings is 1. The minimum Gasteiger partial charge on any atom is -0.367 e. The summed E-state index contributed by atoms with van der Waals surface area (Å²) < 4.78 is 4.94. The van der Waals surface area contributed by atoms with Crippen molar-refractivity contribution in [2.45, 2.75) is 26.8 Å². The molecule has 2 heterocycles. The number of nitrogens with one attached hydrogen (secondary N) is 1. The number of nitrogens with zero attached hydrogens (tertiary/aromatic N) is 1. The summed E-state index contributed by atoms with van der Waals surface area (Å²) >= 11 is 1.55. The first-order chi connectivity index (χ1) is 8.49. The molecule has 0 unspecified atom stereocenters. The van der Waals surface area contributed by atoms with E-state index in [-0.39, 0.29) is 17.8 Å². The van der Waals surface area contributed by atoms with Gasteiger partial charge in [-0.1, -0.05) is 5.16 Å². The smallest absolute Gasteiger partial charge is 0.259 e. The van der Waals surface area contributed by atoms with Gasteiger partial charge in [0.05, 0.1) is 4.88 Å². The summed E-state index contributed by atoms with van der Waals surface area (Å²) in [4.78, 5) is 14.1. The number of aromatic nitrogens is 1. The fourth-order valence-electron chi connectivity index (χ4n) is 1.59. The molecular formula is C12H15N3O2S. The molecule has 0 saturated heterocycles. The van der Waals surface area contributed by atoms with E-state index >= 15 is 0 Å². The number of nitrogens with two attached hydrogens (primary N) is 1. The molecule has 96 valence electrons. The standard InChI is InChI=1S/C12H15N3O2S/c1-6(2)14-12(16)9-10(15-17-11(9)13)8-5-4-7(3)18-8/h4-6H,13H2,1-3H3,(H,14,16). The fraction of sp³-hybridized carbons (Fsp3) is 0.333. The molecule has 18 heavy (non-hydrogen) atoms. The van der Waals surface area contributed by atoms with E-state index in [1.165, 1.54) is 0 Å². The van der Waals surface area contributed by atoms with Crippen LogP contribution in [0.2, 0.25) is 0 Å². The topological polar surface area (TPSA) is 81.2 Å². The number of anilines is 1. The van der Waals surface area contributed by atoms with Crippen molar-refractivity contribution in [1.82, 2.24) is 10.5 Å². The molecule has 0 aromatic carbocycles. The molecule has 0 radical (unpaired) electrons. The Hall–Kier alpha value is -1.82. The highest BCUT2D eigenvalue weighted by Crippen LogP contribution is 2.32. The first kappa shape index (κ1) is 12.6. The number of nitrogen functional groups attached to an aromatic ring is 1. The Morgan fingerprint density at radius 2 is 2.22 bits per heavy atom. The summed E-state index contributed by atoms with van der Waals surface area (Å²) in [7, 11) is 0. The van der Waals surface area contributed by atoms with Crippen LogP contribution in [0.25, 0.3) is 10.6 Å². The van der Waals surface area contributed by atoms with Gasteiger partial charge in [0.25, 0.3) is 5.91 Å². The summed E-state index contributed by atoms with van der Waals surface area (Å²) in [6.07, 6.45) is 0. The maximum absolute atomic E-state index is 12.1. The lowest BCUT2D eigenvalue weighted by molar-refractivity contribution is 0.0944. The SMILES string of the molecule is Cc1ccc(-c2noc(N)c2C(=O)NC(C)C)s1. The van der Waals surface area contributed by atoms with Crippen molar-refractivity contribution in [1.29, 1.82) is 0 Å². The van der Waals surface area contributed by atoms with Crippen molar-refractivity contribution in [3.05, 3.63) is 22.6 Å². The second-order valence-electron chi connectivity index (χ2n) is 4.31. The molecular weight excluding hydrogens is 250 g/mol. The minimum atomic E-state index is -0.259. The van der Waals surface area contributed by atoms with Crippen LogP contribution in [0.4, 0.5) is 5.88 Å². The van der Waals surface area contributed by atoms with Gasteiger partial charge in [0.1, 0.15) is 11.3 Å². The van der Waals surface area contributed by atoms with Gasteiger partial charge >= 0.3 is 0 Å². The van der Waals surface area contributed by atoms with Crippen LogP contribution in [0.15, 0.2) is 16.7 Å². The van der Waals surface area contributed by atoms with E-state index in [0.29, 0.717) is 11.3 Å². The van der Waals surface area contributed by atoms with E-state index < -0.39 is 0 Å². The molecule has 2 aromatic rings. The summed E-state index contributed by atoms with van der Waals surface area (Å²) in [5.74, 6) is -0.209. The highest BCUT2D eigenvalue weighted by atomic mass is 32.1. The third kappa shape index (κ3) is 2.38. The summed E-state index contributed by atoms with van der Waals surface area (Å²) in [6, 6.07) is 3.91. The first-order valence-electron chi connectivity index (χ1n) is 5.62. The lowest BCUT2D eigenvalue weighted by Gasteiger charge is -2.07. The molecule has 0 aliphatic heterocycles. The number of hydrogen-bond donors (Lipinski definition) is 2. The zero-order valence-electron chi connectivity index (χ0n) is 10.5. The Balaban J connectivity index is 2.41. The average Bonchev–Trinajstić information content (AvgIpc) is 2.83. The lowest BCUT2D eigenvalue weighted by atomic mass is 10.2. The fourth-order valence-corrected chi connectivity index (χ4v) is 2.44. The molecule has 0 saturated carbocycles. The molecule has 2 rings (SSSR count). The van der Waals surface area contributed by atoms with Crippen LogP contribution in [-0.2, 0) is 0 Å². The number of aryl methyl sites for hydroxylation is 1. The number of rotatable bonds is 3. The van der Waals surface area contributed by atoms with Crippen molar-refractivity contribution >= 4 is 23.1 Å². The monoisotopic (exact) mass is 265 g/mol. The predicted octanol–water partition coefficient (Wildman–Crippen LogP) is 2.43. The van der Waals surface area contributed by atoms with E-state index in [9.17, 15) is 4.79 Å². The number of amides is 1. The molecule has 0 aliphatic carbocycles. The van der Waals surface area contributed by atoms with E-state index in [2.05, 4.69) is 10.5 Å². The van der Waals surface area contributed by atoms with E-state index in [1.807, 2.05) is 32.9 Å². The van der Waals surface area contributed by atoms with E-state index in [1.54, 1.807) is 11.3 Å². The third-order valence-corrected chi connectivity index (χ3v) is 3.35. The zero-order valence-corrected chi connectivity index (χ0v) is 11.3. The van der Waals surface area contributed by atoms with Crippen LogP contribution >= 0.6 is 11.3 Å². The highest BCUT2D eigenvalue weighted by molar-refractivity contribution is 7.15. The molecule has 0 atom stereocenters. The van der Waals surface area contributed by atoms with Gasteiger partial charge < -0.3 is 15.6 Å². The van der Waals surface area contributed by atoms with Crippen LogP contribution in [0, 0.1) is 6.92 Å². The second kappa shape index (κ2) is 4.81. The molecule has 6 heteroatoms. The Bertz CT molecular complexity index is 572. The van der Waals surface area contributed by atoms with Gasteiger partial charge in [0, 0.05) is 10.9 Å². The molecule has 3 N–H and O–H groups in total. The normalized spacial score (nSPS) is 10.9. The number of carbonyl (C=O) groups is 1. The van der Waals surface area contributed by atoms with Crippen LogP contribution in [0.3, 0.4) is 0 Å². The van der Waals surface area contributed by atoms with Gasteiger partial charge in [-0.25, -0.2) is 0 Å². The highest BCUT2D eigenvalue weighted by Gasteiger charge is 2.23. The van der Waals surface area contributed by atoms with Crippen LogP contribution in [-0.4, -0.2) is 17.1 Å². The second-order valence-corrected chi connectivity index (χ2v) is 5.60. The molecule has 0 bridgehead atoms. The maximum Gasteiger partial charge on any atom is 0.259 e. The average molecular weight is 265 g/mol. The Morgan fingerprint density at radius 3 is 2.78 bits per heavy atom. The molecule has 2 aromatic heterocycles. The minimum absolute atomic E-state index is 0.0321. The largest absolute Gasteiger partial charge is 0.367 e. The number of carbonyl (C=O) groups excluding carboxylic acids is 1. The van der Waals surface area contributed by atoms with Gasteiger partial charge in [-0.3, -0.25) is 4.79 Å². The predicted molar refractivity (Wildman–Crippen MR) is 71.6 cm³/mol. The van der Waals surface area contributed by atoms with Crippen LogP contribution in [0.5, 0.6) is 0 Å². The van der Waals surface area contributed by atoms with Crippen molar-refractivity contribution in [3.8, 4) is 10.6 Å². The Kier molecular flexibility index (Phi) is 3.38. The Labute approximate surface area is 109 Å². The molecule has 0 spiro atoms. The van der Waals surface area contributed by atoms with Crippen molar-refractivity contribution in [2.24, 2.45) is 0 Å². The molecule has 0 aliphatic rings. The van der Waals surface area contributed by atoms with Crippen LogP contribution < -0.4 is 11.1 Å². The van der Waals surface area contributed by atoms with Crippen molar-refractivity contribution in [3.63, 3.8) is 0 Å². The van der Waals surface area contributed by atoms with E-state index in [4.69, 9.17) is 10.3 Å². The first-order valence-corrected chi connectivity index (χ1v) is 6.43. The quantitative estimate of drug-likeness (QED) is 0.893. The van der Waals surface area contributed by atoms with Crippen molar-refractivity contribution in [2.75, 3.05) is 5.73 Å². The van der Waals surface area contributed by atoms with Gasteiger partial charge in [0.15, 0.2) is 0 Å². The molecule has 1 amide bonds. The van der Waals surface area contributed by atoms with Crippen molar-refractivity contribution < 1.29 is 9.32 Å². The summed E-state index contributed by atoms with van der Waals surface area (Å²) in [5, 5.41) is 6.67. The maximum atomic E-state index is 12.1. The zero-order chi connectivity index (χ0) is 13.3. The van der Waals surface area contributed by atoms with E-state index in [0.717, 1.165) is 9.75 Å². The number of hydrogen-bond acceptors (Lipinski definition) is 5.